The molecule has 0 fully saturated rings. The van der Waals surface area contributed by atoms with Gasteiger partial charge in [-0.1, -0.05) is 13.8 Å². The third-order valence-corrected chi connectivity index (χ3v) is 1.56. The van der Waals surface area contributed by atoms with Crippen molar-refractivity contribution in [1.29, 1.82) is 0 Å². The highest BCUT2D eigenvalue weighted by Crippen LogP contribution is 1.96. The number of nitrogens with two attached hydrogens (primary N) is 1. The molecule has 0 rings (SSSR count). The highest BCUT2D eigenvalue weighted by Gasteiger charge is 2.14. The lowest BCUT2D eigenvalue weighted by molar-refractivity contribution is -0.143. The lowest BCUT2D eigenvalue weighted by Gasteiger charge is -2.07. The summed E-state index contributed by atoms with van der Waals surface area (Å²) in [6.07, 6.45) is -0.593. The fraction of sp³-hybridized carbons (Fsp3) is 0.667. The van der Waals surface area contributed by atoms with Crippen LogP contribution in [0.1, 0.15) is 26.7 Å². The van der Waals surface area contributed by atoms with Gasteiger partial charge in [-0.15, -0.1) is 0 Å². The van der Waals surface area contributed by atoms with Crippen molar-refractivity contribution in [2.24, 2.45) is 11.7 Å². The van der Waals surface area contributed by atoms with Crippen LogP contribution in [-0.2, 0) is 14.4 Å². The Morgan fingerprint density at radius 2 is 1.31 bits per heavy atom. The van der Waals surface area contributed by atoms with E-state index in [2.05, 4.69) is 0 Å². The predicted octanol–water partition coefficient (Wildman–Crippen LogP) is -0.00990. The predicted molar refractivity (Wildman–Crippen MR) is 55.0 cm³/mol. The Labute approximate surface area is 92.9 Å². The standard InChI is InChI=1S/C5H11NO2.C4H6O4/c1-3(2)4(6)5(7)8;5-3(6)1-2-4(7)8/h3-4H,6H2,1-2H3,(H,7,8);1-2H2,(H,5,6)(H,7,8). The third-order valence-electron chi connectivity index (χ3n) is 1.56. The molecule has 0 heterocycles. The fourth-order valence-corrected chi connectivity index (χ4v) is 0.499. The maximum absolute atomic E-state index is 10.0. The molecule has 1 atom stereocenters. The highest BCUT2D eigenvalue weighted by atomic mass is 16.4. The molecule has 1 unspecified atom stereocenters. The molecule has 0 aromatic heterocycles. The minimum atomic E-state index is -1.08. The van der Waals surface area contributed by atoms with Crippen molar-refractivity contribution in [2.75, 3.05) is 0 Å². The summed E-state index contributed by atoms with van der Waals surface area (Å²) >= 11 is 0. The van der Waals surface area contributed by atoms with Gasteiger partial charge in [-0.05, 0) is 5.92 Å². The molecule has 0 saturated carbocycles. The smallest absolute Gasteiger partial charge is 0.320 e. The summed E-state index contributed by atoms with van der Waals surface area (Å²) in [6, 6.07) is -0.713. The number of carboxylic acids is 3. The number of hydrogen-bond donors (Lipinski definition) is 4. The second kappa shape index (κ2) is 8.66. The molecule has 0 bridgehead atoms. The van der Waals surface area contributed by atoms with Gasteiger partial charge in [-0.25, -0.2) is 0 Å². The summed E-state index contributed by atoms with van der Waals surface area (Å²) in [5, 5.41) is 24.0. The molecule has 0 aromatic carbocycles. The van der Waals surface area contributed by atoms with Gasteiger partial charge in [-0.2, -0.15) is 0 Å². The number of carboxylic acid groups (broad SMARTS) is 3. The van der Waals surface area contributed by atoms with E-state index in [1.807, 2.05) is 0 Å². The number of carbonyl (C=O) groups is 3. The molecule has 0 aliphatic rings. The monoisotopic (exact) mass is 235 g/mol. The lowest BCUT2D eigenvalue weighted by atomic mass is 10.1. The Morgan fingerprint density at radius 1 is 1.00 bits per heavy atom. The summed E-state index contributed by atoms with van der Waals surface area (Å²) in [6.45, 7) is 3.55. The van der Waals surface area contributed by atoms with Gasteiger partial charge in [0.2, 0.25) is 0 Å². The molecule has 0 aliphatic heterocycles. The summed E-state index contributed by atoms with van der Waals surface area (Å²) in [4.78, 5) is 29.3. The van der Waals surface area contributed by atoms with E-state index in [-0.39, 0.29) is 18.8 Å². The van der Waals surface area contributed by atoms with Crippen LogP contribution in [0.2, 0.25) is 0 Å². The van der Waals surface area contributed by atoms with Crippen molar-refractivity contribution in [3.63, 3.8) is 0 Å². The molecule has 5 N–H and O–H groups in total. The Morgan fingerprint density at radius 3 is 1.38 bits per heavy atom. The van der Waals surface area contributed by atoms with Gasteiger partial charge in [0.05, 0.1) is 12.8 Å². The quantitative estimate of drug-likeness (QED) is 0.525. The van der Waals surface area contributed by atoms with Crippen LogP contribution in [0.15, 0.2) is 0 Å². The van der Waals surface area contributed by atoms with E-state index in [9.17, 15) is 14.4 Å². The first-order valence-corrected chi connectivity index (χ1v) is 4.60. The van der Waals surface area contributed by atoms with Gasteiger partial charge in [-0.3, -0.25) is 14.4 Å². The molecule has 94 valence electrons. The summed E-state index contributed by atoms with van der Waals surface area (Å²) in [5.41, 5.74) is 5.16. The van der Waals surface area contributed by atoms with Crippen LogP contribution in [0.3, 0.4) is 0 Å². The molecule has 0 amide bonds. The van der Waals surface area contributed by atoms with Gasteiger partial charge in [0, 0.05) is 0 Å². The maximum Gasteiger partial charge on any atom is 0.320 e. The summed E-state index contributed by atoms with van der Waals surface area (Å²) < 4.78 is 0. The van der Waals surface area contributed by atoms with Crippen LogP contribution < -0.4 is 5.73 Å². The Kier molecular flexibility index (Phi) is 9.09. The van der Waals surface area contributed by atoms with Gasteiger partial charge < -0.3 is 21.1 Å². The zero-order chi connectivity index (χ0) is 13.3. The second-order valence-corrected chi connectivity index (χ2v) is 3.40. The topological polar surface area (TPSA) is 138 Å². The number of rotatable bonds is 5. The van der Waals surface area contributed by atoms with Crippen LogP contribution in [0, 0.1) is 5.92 Å². The van der Waals surface area contributed by atoms with Gasteiger partial charge in [0.25, 0.3) is 0 Å². The molecular weight excluding hydrogens is 218 g/mol. The van der Waals surface area contributed by atoms with Crippen molar-refractivity contribution in [3.05, 3.63) is 0 Å². The third kappa shape index (κ3) is 12.4. The van der Waals surface area contributed by atoms with E-state index >= 15 is 0 Å². The molecule has 7 nitrogen and oxygen atoms in total. The largest absolute Gasteiger partial charge is 0.481 e. The van der Waals surface area contributed by atoms with Crippen LogP contribution in [-0.4, -0.2) is 39.3 Å². The van der Waals surface area contributed by atoms with Crippen LogP contribution >= 0.6 is 0 Å². The average molecular weight is 235 g/mol. The Balaban J connectivity index is 0. The van der Waals surface area contributed by atoms with E-state index in [1.165, 1.54) is 0 Å². The molecule has 0 saturated heterocycles. The van der Waals surface area contributed by atoms with Gasteiger partial charge in [0.15, 0.2) is 0 Å². The van der Waals surface area contributed by atoms with E-state index in [1.54, 1.807) is 13.8 Å². The summed E-state index contributed by atoms with van der Waals surface area (Å²) in [5.74, 6) is -3.06. The first-order chi connectivity index (χ1) is 7.18. The number of aliphatic carboxylic acids is 3. The van der Waals surface area contributed by atoms with E-state index in [0.717, 1.165) is 0 Å². The zero-order valence-electron chi connectivity index (χ0n) is 9.21. The first kappa shape index (κ1) is 16.8. The second-order valence-electron chi connectivity index (χ2n) is 3.40. The minimum absolute atomic E-state index is 0.0208. The molecule has 0 aromatic rings. The van der Waals surface area contributed by atoms with Crippen LogP contribution in [0.5, 0.6) is 0 Å². The van der Waals surface area contributed by atoms with Crippen molar-refractivity contribution < 1.29 is 29.7 Å². The fourth-order valence-electron chi connectivity index (χ4n) is 0.499. The lowest BCUT2D eigenvalue weighted by Crippen LogP contribution is -2.34. The van der Waals surface area contributed by atoms with Crippen molar-refractivity contribution in [2.45, 2.75) is 32.7 Å². The first-order valence-electron chi connectivity index (χ1n) is 4.60. The Hall–Kier alpha value is -1.63. The Bertz CT molecular complexity index is 236. The molecule has 0 radical (unpaired) electrons. The van der Waals surface area contributed by atoms with E-state index in [4.69, 9.17) is 21.1 Å². The number of hydrogen-bond acceptors (Lipinski definition) is 4. The SMILES string of the molecule is CC(C)C(N)C(=O)O.O=C(O)CCC(=O)O. The van der Waals surface area contributed by atoms with E-state index in [0.29, 0.717) is 0 Å². The minimum Gasteiger partial charge on any atom is -0.481 e. The normalized spacial score (nSPS) is 11.2. The average Bonchev–Trinajstić information content (AvgIpc) is 2.14. The van der Waals surface area contributed by atoms with Crippen molar-refractivity contribution in [3.8, 4) is 0 Å². The van der Waals surface area contributed by atoms with Crippen molar-refractivity contribution >= 4 is 17.9 Å². The zero-order valence-corrected chi connectivity index (χ0v) is 9.21. The summed E-state index contributed by atoms with van der Waals surface area (Å²) in [7, 11) is 0. The highest BCUT2D eigenvalue weighted by molar-refractivity contribution is 5.75. The molecule has 0 spiro atoms. The molecule has 0 aliphatic carbocycles. The van der Waals surface area contributed by atoms with Crippen LogP contribution in [0.4, 0.5) is 0 Å². The van der Waals surface area contributed by atoms with E-state index < -0.39 is 23.9 Å². The molecule has 7 heteroatoms. The van der Waals surface area contributed by atoms with Gasteiger partial charge in [0.1, 0.15) is 6.04 Å². The molecular formula is C9H17NO6. The molecule has 16 heavy (non-hydrogen) atoms. The van der Waals surface area contributed by atoms with Crippen LogP contribution in [0.25, 0.3) is 0 Å². The van der Waals surface area contributed by atoms with Gasteiger partial charge >= 0.3 is 17.9 Å². The maximum atomic E-state index is 10.0. The van der Waals surface area contributed by atoms with Crippen molar-refractivity contribution in [1.82, 2.24) is 0 Å².